The van der Waals surface area contributed by atoms with Crippen molar-refractivity contribution in [2.24, 2.45) is 0 Å². The van der Waals surface area contributed by atoms with Gasteiger partial charge in [0.15, 0.2) is 5.76 Å². The van der Waals surface area contributed by atoms with Crippen LogP contribution in [0.2, 0.25) is 0 Å². The van der Waals surface area contributed by atoms with Crippen molar-refractivity contribution in [3.63, 3.8) is 0 Å². The Morgan fingerprint density at radius 1 is 1.23 bits per heavy atom. The first-order chi connectivity index (χ1) is 12.6. The quantitative estimate of drug-likeness (QED) is 0.514. The number of benzene rings is 1. The molecule has 0 unspecified atom stereocenters. The van der Waals surface area contributed by atoms with E-state index in [-0.39, 0.29) is 24.7 Å². The smallest absolute Gasteiger partial charge is 0.329 e. The van der Waals surface area contributed by atoms with Gasteiger partial charge in [0.1, 0.15) is 29.9 Å². The number of furan rings is 1. The van der Waals surface area contributed by atoms with Gasteiger partial charge < -0.3 is 23.9 Å². The first kappa shape index (κ1) is 19.7. The van der Waals surface area contributed by atoms with Crippen molar-refractivity contribution < 1.29 is 28.2 Å². The lowest BCUT2D eigenvalue weighted by Crippen LogP contribution is -2.43. The Kier molecular flexibility index (Phi) is 7.40. The zero-order valence-electron chi connectivity index (χ0n) is 14.6. The van der Waals surface area contributed by atoms with Crippen molar-refractivity contribution in [2.45, 2.75) is 19.6 Å². The van der Waals surface area contributed by atoms with Gasteiger partial charge in [-0.15, -0.1) is 0 Å². The maximum atomic E-state index is 12.2. The highest BCUT2D eigenvalue weighted by molar-refractivity contribution is 7.80. The summed E-state index contributed by atoms with van der Waals surface area (Å²) >= 11 is 4.05. The van der Waals surface area contributed by atoms with E-state index in [2.05, 4.69) is 17.9 Å². The molecule has 1 heterocycles. The summed E-state index contributed by atoms with van der Waals surface area (Å²) in [7, 11) is 1.57. The predicted molar refractivity (Wildman–Crippen MR) is 97.8 cm³/mol. The van der Waals surface area contributed by atoms with Crippen molar-refractivity contribution in [3.05, 3.63) is 47.9 Å². The van der Waals surface area contributed by atoms with Gasteiger partial charge in [-0.1, -0.05) is 6.07 Å². The van der Waals surface area contributed by atoms with E-state index >= 15 is 0 Å². The largest absolute Gasteiger partial charge is 0.497 e. The van der Waals surface area contributed by atoms with Gasteiger partial charge in [0.25, 0.3) is 5.91 Å². The summed E-state index contributed by atoms with van der Waals surface area (Å²) in [5.41, 5.74) is 0. The molecule has 2 rings (SSSR count). The third kappa shape index (κ3) is 5.45. The molecule has 1 atom stereocenters. The molecule has 0 spiro atoms. The van der Waals surface area contributed by atoms with Crippen LogP contribution in [0.15, 0.2) is 40.8 Å². The highest BCUT2D eigenvalue weighted by Crippen LogP contribution is 2.20. The van der Waals surface area contributed by atoms with Crippen LogP contribution in [-0.2, 0) is 16.1 Å². The Bertz CT molecular complexity index is 745. The fourth-order valence-corrected chi connectivity index (χ4v) is 2.31. The highest BCUT2D eigenvalue weighted by Gasteiger charge is 2.22. The first-order valence-corrected chi connectivity index (χ1v) is 8.64. The molecule has 8 heteroatoms. The van der Waals surface area contributed by atoms with Crippen molar-refractivity contribution in [1.29, 1.82) is 0 Å². The van der Waals surface area contributed by atoms with Crippen LogP contribution in [0.5, 0.6) is 11.5 Å². The summed E-state index contributed by atoms with van der Waals surface area (Å²) in [6, 6.07) is 9.46. The number of hydrogen-bond donors (Lipinski definition) is 2. The second-order valence-corrected chi connectivity index (χ2v) is 5.56. The number of methoxy groups -OCH3 is 1. The molecule has 0 aliphatic carbocycles. The van der Waals surface area contributed by atoms with Gasteiger partial charge in [-0.05, 0) is 31.2 Å². The van der Waals surface area contributed by atoms with Gasteiger partial charge in [0, 0.05) is 11.8 Å². The van der Waals surface area contributed by atoms with E-state index in [9.17, 15) is 9.59 Å². The minimum atomic E-state index is -0.840. The maximum Gasteiger partial charge on any atom is 0.329 e. The van der Waals surface area contributed by atoms with Crippen LogP contribution in [0.4, 0.5) is 0 Å². The molecule has 26 heavy (non-hydrogen) atoms. The molecule has 7 nitrogen and oxygen atoms in total. The lowest BCUT2D eigenvalue weighted by molar-refractivity contribution is -0.144. The molecule has 0 saturated heterocycles. The topological polar surface area (TPSA) is 87.0 Å². The molecule has 2 aromatic rings. The van der Waals surface area contributed by atoms with Crippen molar-refractivity contribution in [3.8, 4) is 11.5 Å². The number of amides is 1. The molecule has 0 aliphatic heterocycles. The number of esters is 1. The average Bonchev–Trinajstić information content (AvgIpc) is 3.13. The van der Waals surface area contributed by atoms with E-state index in [0.717, 1.165) is 0 Å². The minimum Gasteiger partial charge on any atom is -0.497 e. The summed E-state index contributed by atoms with van der Waals surface area (Å²) in [5, 5.41) is 2.53. The SMILES string of the molecule is CCOC(=O)[C@H](CS)NC(=O)c1ccc(COc2cccc(OC)c2)o1. The average molecular weight is 379 g/mol. The number of hydrogen-bond acceptors (Lipinski definition) is 7. The Labute approximate surface area is 157 Å². The third-order valence-corrected chi connectivity index (χ3v) is 3.73. The fraction of sp³-hybridized carbons (Fsp3) is 0.333. The minimum absolute atomic E-state index is 0.0744. The van der Waals surface area contributed by atoms with Crippen LogP contribution in [0.1, 0.15) is 23.2 Å². The molecule has 0 bridgehead atoms. The van der Waals surface area contributed by atoms with Crippen molar-refractivity contribution >= 4 is 24.5 Å². The van der Waals surface area contributed by atoms with Crippen LogP contribution >= 0.6 is 12.6 Å². The normalized spacial score (nSPS) is 11.5. The van der Waals surface area contributed by atoms with E-state index in [4.69, 9.17) is 18.6 Å². The molecule has 1 aromatic heterocycles. The Morgan fingerprint density at radius 3 is 2.69 bits per heavy atom. The number of thiol groups is 1. The van der Waals surface area contributed by atoms with Gasteiger partial charge in [0.2, 0.25) is 0 Å². The second kappa shape index (κ2) is 9.76. The van der Waals surface area contributed by atoms with Crippen molar-refractivity contribution in [1.82, 2.24) is 5.32 Å². The van der Waals surface area contributed by atoms with Crippen LogP contribution in [0.3, 0.4) is 0 Å². The number of ether oxygens (including phenoxy) is 3. The van der Waals surface area contributed by atoms with Gasteiger partial charge >= 0.3 is 5.97 Å². The van der Waals surface area contributed by atoms with Crippen LogP contribution in [0, 0.1) is 0 Å². The molecule has 0 aliphatic rings. The van der Waals surface area contributed by atoms with Crippen LogP contribution in [-0.4, -0.2) is 37.4 Å². The van der Waals surface area contributed by atoms with Gasteiger partial charge in [-0.2, -0.15) is 12.6 Å². The van der Waals surface area contributed by atoms with Crippen molar-refractivity contribution in [2.75, 3.05) is 19.5 Å². The van der Waals surface area contributed by atoms with E-state index in [1.807, 2.05) is 12.1 Å². The Balaban J connectivity index is 1.93. The summed E-state index contributed by atoms with van der Waals surface area (Å²) in [5.74, 6) is 0.899. The molecule has 1 aromatic carbocycles. The maximum absolute atomic E-state index is 12.2. The predicted octanol–water partition coefficient (Wildman–Crippen LogP) is 2.46. The van der Waals surface area contributed by atoms with Gasteiger partial charge in [-0.3, -0.25) is 4.79 Å². The monoisotopic (exact) mass is 379 g/mol. The first-order valence-electron chi connectivity index (χ1n) is 8.01. The van der Waals surface area contributed by atoms with Gasteiger partial charge in [0.05, 0.1) is 13.7 Å². The molecule has 1 N–H and O–H groups in total. The number of carbonyl (C=O) groups is 2. The molecule has 140 valence electrons. The third-order valence-electron chi connectivity index (χ3n) is 3.37. The summed E-state index contributed by atoms with van der Waals surface area (Å²) < 4.78 is 21.1. The number of rotatable bonds is 9. The highest BCUT2D eigenvalue weighted by atomic mass is 32.1. The van der Waals surface area contributed by atoms with Gasteiger partial charge in [-0.25, -0.2) is 4.79 Å². The molecule has 0 fully saturated rings. The Hall–Kier alpha value is -2.61. The standard InChI is InChI=1S/C18H21NO6S/c1-3-23-18(21)15(11-26)19-17(20)16-8-7-14(25-16)10-24-13-6-4-5-12(9-13)22-2/h4-9,15,26H,3,10-11H2,1-2H3,(H,19,20)/t15-/m0/s1. The van der Waals surface area contributed by atoms with Crippen LogP contribution in [0.25, 0.3) is 0 Å². The van der Waals surface area contributed by atoms with E-state index < -0.39 is 17.9 Å². The van der Waals surface area contributed by atoms with Crippen LogP contribution < -0.4 is 14.8 Å². The second-order valence-electron chi connectivity index (χ2n) is 5.19. The number of nitrogens with one attached hydrogen (secondary N) is 1. The summed E-state index contributed by atoms with van der Waals surface area (Å²) in [6.07, 6.45) is 0. The zero-order valence-corrected chi connectivity index (χ0v) is 15.5. The zero-order chi connectivity index (χ0) is 18.9. The molecule has 0 saturated carbocycles. The van der Waals surface area contributed by atoms with E-state index in [1.54, 1.807) is 32.2 Å². The fourth-order valence-electron chi connectivity index (χ4n) is 2.07. The Morgan fingerprint density at radius 2 is 2.00 bits per heavy atom. The summed E-state index contributed by atoms with van der Waals surface area (Å²) in [6.45, 7) is 2.07. The lowest BCUT2D eigenvalue weighted by atomic mass is 10.3. The van der Waals surface area contributed by atoms with E-state index in [1.165, 1.54) is 6.07 Å². The molecular weight excluding hydrogens is 358 g/mol. The summed E-state index contributed by atoms with van der Waals surface area (Å²) in [4.78, 5) is 23.9. The van der Waals surface area contributed by atoms with E-state index in [0.29, 0.717) is 17.3 Å². The molecule has 0 radical (unpaired) electrons. The lowest BCUT2D eigenvalue weighted by Gasteiger charge is -2.13. The number of carbonyl (C=O) groups excluding carboxylic acids is 2. The molecular formula is C18H21NO6S. The molecule has 1 amide bonds.